The summed E-state index contributed by atoms with van der Waals surface area (Å²) >= 11 is 5.95. The molecule has 1 unspecified atom stereocenters. The van der Waals surface area contributed by atoms with Gasteiger partial charge in [-0.1, -0.05) is 41.4 Å². The highest BCUT2D eigenvalue weighted by Gasteiger charge is 2.26. The van der Waals surface area contributed by atoms with Crippen LogP contribution in [0.3, 0.4) is 0 Å². The Morgan fingerprint density at radius 3 is 2.64 bits per heavy atom. The smallest absolute Gasteiger partial charge is 0.220 e. The number of aryl methyl sites for hydroxylation is 1. The average Bonchev–Trinajstić information content (AvgIpc) is 2.92. The van der Waals surface area contributed by atoms with Gasteiger partial charge in [0.2, 0.25) is 5.91 Å². The molecule has 2 aromatic rings. The SMILES string of the molecule is Cc1ccc(C(C[C@H]2CCC(=O)N2)c2ccc(Cl)cn2)cc1. The largest absolute Gasteiger partial charge is 0.353 e. The molecule has 0 radical (unpaired) electrons. The number of hydrogen-bond acceptors (Lipinski definition) is 2. The molecular formula is C18H19ClN2O. The van der Waals surface area contributed by atoms with E-state index in [-0.39, 0.29) is 17.9 Å². The third-order valence-electron chi connectivity index (χ3n) is 4.19. The summed E-state index contributed by atoms with van der Waals surface area (Å²) in [6.45, 7) is 2.08. The van der Waals surface area contributed by atoms with Gasteiger partial charge in [-0.05, 0) is 37.5 Å². The minimum absolute atomic E-state index is 0.150. The first-order valence-corrected chi connectivity index (χ1v) is 7.97. The fraction of sp³-hybridized carbons (Fsp3) is 0.333. The molecule has 1 fully saturated rings. The highest BCUT2D eigenvalue weighted by atomic mass is 35.5. The van der Waals surface area contributed by atoms with Crippen LogP contribution in [0.1, 0.15) is 42.0 Å². The molecule has 2 atom stereocenters. The highest BCUT2D eigenvalue weighted by molar-refractivity contribution is 6.30. The van der Waals surface area contributed by atoms with Crippen molar-refractivity contribution in [2.75, 3.05) is 0 Å². The van der Waals surface area contributed by atoms with E-state index in [0.29, 0.717) is 11.4 Å². The van der Waals surface area contributed by atoms with Crippen LogP contribution in [0.15, 0.2) is 42.6 Å². The van der Waals surface area contributed by atoms with E-state index < -0.39 is 0 Å². The van der Waals surface area contributed by atoms with Crippen LogP contribution >= 0.6 is 11.6 Å². The van der Waals surface area contributed by atoms with Gasteiger partial charge in [-0.25, -0.2) is 0 Å². The molecule has 22 heavy (non-hydrogen) atoms. The number of rotatable bonds is 4. The number of nitrogens with zero attached hydrogens (tertiary/aromatic N) is 1. The monoisotopic (exact) mass is 314 g/mol. The van der Waals surface area contributed by atoms with Gasteiger partial charge in [-0.2, -0.15) is 0 Å². The van der Waals surface area contributed by atoms with E-state index in [1.165, 1.54) is 11.1 Å². The van der Waals surface area contributed by atoms with Crippen LogP contribution in [0, 0.1) is 6.92 Å². The van der Waals surface area contributed by atoms with Crippen molar-refractivity contribution in [3.05, 3.63) is 64.4 Å². The molecule has 3 rings (SSSR count). The standard InChI is InChI=1S/C18H19ClN2O/c1-12-2-4-13(5-3-12)16(10-15-7-9-18(22)21-15)17-8-6-14(19)11-20-17/h2-6,8,11,15-16H,7,9-10H2,1H3,(H,21,22)/t15-,16?/m1/s1. The summed E-state index contributed by atoms with van der Waals surface area (Å²) in [4.78, 5) is 15.9. The molecule has 0 aliphatic carbocycles. The third-order valence-corrected chi connectivity index (χ3v) is 4.42. The van der Waals surface area contributed by atoms with Crippen molar-refractivity contribution in [2.24, 2.45) is 0 Å². The number of carbonyl (C=O) groups is 1. The molecule has 2 heterocycles. The number of halogens is 1. The van der Waals surface area contributed by atoms with Crippen LogP contribution in [0.25, 0.3) is 0 Å². The summed E-state index contributed by atoms with van der Waals surface area (Å²) in [5.74, 6) is 0.318. The maximum atomic E-state index is 11.5. The van der Waals surface area contributed by atoms with E-state index in [9.17, 15) is 4.79 Å². The molecule has 0 bridgehead atoms. The Labute approximate surface area is 135 Å². The zero-order valence-corrected chi connectivity index (χ0v) is 13.3. The first kappa shape index (κ1) is 15.0. The number of nitrogens with one attached hydrogen (secondary N) is 1. The second kappa shape index (κ2) is 6.49. The molecule has 4 heteroatoms. The fourth-order valence-corrected chi connectivity index (χ4v) is 3.07. The van der Waals surface area contributed by atoms with Gasteiger partial charge in [-0.15, -0.1) is 0 Å². The van der Waals surface area contributed by atoms with Crippen molar-refractivity contribution in [1.82, 2.24) is 10.3 Å². The lowest BCUT2D eigenvalue weighted by atomic mass is 9.88. The van der Waals surface area contributed by atoms with Crippen molar-refractivity contribution in [2.45, 2.75) is 38.1 Å². The molecule has 114 valence electrons. The molecule has 1 aromatic carbocycles. The predicted octanol–water partition coefficient (Wildman–Crippen LogP) is 3.84. The van der Waals surface area contributed by atoms with E-state index >= 15 is 0 Å². The van der Waals surface area contributed by atoms with Crippen LogP contribution in [0.5, 0.6) is 0 Å². The molecule has 0 spiro atoms. The van der Waals surface area contributed by atoms with Gasteiger partial charge in [-0.3, -0.25) is 9.78 Å². The van der Waals surface area contributed by atoms with Crippen molar-refractivity contribution < 1.29 is 4.79 Å². The summed E-state index contributed by atoms with van der Waals surface area (Å²) in [7, 11) is 0. The van der Waals surface area contributed by atoms with E-state index in [1.807, 2.05) is 12.1 Å². The van der Waals surface area contributed by atoms with Gasteiger partial charge in [0.1, 0.15) is 0 Å². The minimum atomic E-state index is 0.150. The molecule has 1 aromatic heterocycles. The highest BCUT2D eigenvalue weighted by Crippen LogP contribution is 2.30. The Kier molecular flexibility index (Phi) is 4.44. The lowest BCUT2D eigenvalue weighted by molar-refractivity contribution is -0.119. The quantitative estimate of drug-likeness (QED) is 0.931. The van der Waals surface area contributed by atoms with E-state index in [4.69, 9.17) is 11.6 Å². The van der Waals surface area contributed by atoms with Gasteiger partial charge in [0.25, 0.3) is 0 Å². The minimum Gasteiger partial charge on any atom is -0.353 e. The first-order chi connectivity index (χ1) is 10.6. The first-order valence-electron chi connectivity index (χ1n) is 7.59. The number of pyridine rings is 1. The molecule has 1 amide bonds. The third kappa shape index (κ3) is 3.47. The van der Waals surface area contributed by atoms with E-state index in [1.54, 1.807) is 6.20 Å². The normalized spacial score (nSPS) is 19.0. The molecule has 0 saturated carbocycles. The predicted molar refractivity (Wildman–Crippen MR) is 88.1 cm³/mol. The summed E-state index contributed by atoms with van der Waals surface area (Å²) in [5, 5.41) is 3.69. The molecule has 3 nitrogen and oxygen atoms in total. The zero-order valence-electron chi connectivity index (χ0n) is 12.6. The summed E-state index contributed by atoms with van der Waals surface area (Å²) in [6, 6.07) is 12.6. The summed E-state index contributed by atoms with van der Waals surface area (Å²) in [5.41, 5.74) is 3.46. The lowest BCUT2D eigenvalue weighted by Gasteiger charge is -2.21. The van der Waals surface area contributed by atoms with Crippen molar-refractivity contribution in [3.8, 4) is 0 Å². The number of aromatic nitrogens is 1. The number of hydrogen-bond donors (Lipinski definition) is 1. The summed E-state index contributed by atoms with van der Waals surface area (Å²) < 4.78 is 0. The zero-order chi connectivity index (χ0) is 15.5. The van der Waals surface area contributed by atoms with E-state index in [0.717, 1.165) is 18.5 Å². The maximum Gasteiger partial charge on any atom is 0.220 e. The van der Waals surface area contributed by atoms with Gasteiger partial charge in [0.15, 0.2) is 0 Å². The lowest BCUT2D eigenvalue weighted by Crippen LogP contribution is -2.27. The van der Waals surface area contributed by atoms with Gasteiger partial charge in [0.05, 0.1) is 5.02 Å². The van der Waals surface area contributed by atoms with Crippen LogP contribution in [-0.2, 0) is 4.79 Å². The maximum absolute atomic E-state index is 11.5. The number of carbonyl (C=O) groups excluding carboxylic acids is 1. The Morgan fingerprint density at radius 2 is 2.05 bits per heavy atom. The average molecular weight is 315 g/mol. The van der Waals surface area contributed by atoms with Crippen LogP contribution in [-0.4, -0.2) is 16.9 Å². The van der Waals surface area contributed by atoms with Crippen molar-refractivity contribution in [3.63, 3.8) is 0 Å². The molecule has 1 N–H and O–H groups in total. The Balaban J connectivity index is 1.89. The molecule has 1 aliphatic rings. The summed E-state index contributed by atoms with van der Waals surface area (Å²) in [6.07, 6.45) is 4.07. The van der Waals surface area contributed by atoms with Crippen LogP contribution in [0.2, 0.25) is 5.02 Å². The molecule has 1 aliphatic heterocycles. The van der Waals surface area contributed by atoms with Crippen molar-refractivity contribution in [1.29, 1.82) is 0 Å². The Morgan fingerprint density at radius 1 is 1.27 bits per heavy atom. The van der Waals surface area contributed by atoms with E-state index in [2.05, 4.69) is 41.5 Å². The van der Waals surface area contributed by atoms with Crippen LogP contribution in [0.4, 0.5) is 0 Å². The topological polar surface area (TPSA) is 42.0 Å². The fourth-order valence-electron chi connectivity index (χ4n) is 2.96. The van der Waals surface area contributed by atoms with Gasteiger partial charge < -0.3 is 5.32 Å². The Hall–Kier alpha value is -1.87. The van der Waals surface area contributed by atoms with Crippen molar-refractivity contribution >= 4 is 17.5 Å². The Bertz CT molecular complexity index is 606. The second-order valence-electron chi connectivity index (χ2n) is 5.90. The van der Waals surface area contributed by atoms with Crippen LogP contribution < -0.4 is 5.32 Å². The van der Waals surface area contributed by atoms with Gasteiger partial charge in [0, 0.05) is 30.3 Å². The number of amides is 1. The van der Waals surface area contributed by atoms with Gasteiger partial charge >= 0.3 is 0 Å². The molecular weight excluding hydrogens is 296 g/mol. The molecule has 1 saturated heterocycles. The second-order valence-corrected chi connectivity index (χ2v) is 6.34. The number of benzene rings is 1.